The van der Waals surface area contributed by atoms with E-state index in [-0.39, 0.29) is 23.8 Å². The lowest BCUT2D eigenvalue weighted by atomic mass is 9.65. The van der Waals surface area contributed by atoms with Crippen LogP contribution in [0.4, 0.5) is 11.4 Å². The molecule has 6 heteroatoms. The van der Waals surface area contributed by atoms with Gasteiger partial charge < -0.3 is 20.3 Å². The molecule has 1 aliphatic heterocycles. The molecule has 30 heavy (non-hydrogen) atoms. The van der Waals surface area contributed by atoms with Crippen LogP contribution in [0.3, 0.4) is 0 Å². The third kappa shape index (κ3) is 3.74. The first-order chi connectivity index (χ1) is 14.0. The van der Waals surface area contributed by atoms with Gasteiger partial charge in [-0.25, -0.2) is 0 Å². The van der Waals surface area contributed by atoms with Crippen molar-refractivity contribution >= 4 is 23.2 Å². The summed E-state index contributed by atoms with van der Waals surface area (Å²) in [5.41, 5.74) is 8.95. The van der Waals surface area contributed by atoms with Crippen molar-refractivity contribution in [2.45, 2.75) is 45.1 Å². The number of ether oxygens (including phenoxy) is 1. The van der Waals surface area contributed by atoms with Gasteiger partial charge in [0.2, 0.25) is 5.91 Å². The third-order valence-corrected chi connectivity index (χ3v) is 5.93. The number of likely N-dealkylation sites (N-methyl/N-ethyl adjacent to an activating group) is 1. The topological polar surface area (TPSA) is 75.9 Å². The van der Waals surface area contributed by atoms with E-state index in [9.17, 15) is 9.59 Å². The summed E-state index contributed by atoms with van der Waals surface area (Å²) in [5, 5.41) is 0. The second-order valence-electron chi connectivity index (χ2n) is 9.03. The third-order valence-electron chi connectivity index (χ3n) is 5.93. The van der Waals surface area contributed by atoms with Crippen molar-refractivity contribution in [3.05, 3.63) is 53.6 Å². The fraction of sp³-hybridized carbons (Fsp3) is 0.417. The Morgan fingerprint density at radius 3 is 2.33 bits per heavy atom. The Morgan fingerprint density at radius 2 is 1.77 bits per heavy atom. The molecule has 2 aromatic carbocycles. The van der Waals surface area contributed by atoms with Crippen LogP contribution in [0, 0.1) is 0 Å². The standard InChI is InChI=1S/C24H31N3O3/c1-16(28)27-20-13-21(30-14-22(29)26(5)6)19(25)12-18(20)24(4,15-23(27,2)3)17-10-8-7-9-11-17/h7-13H,14-15,25H2,1-6H3. The minimum Gasteiger partial charge on any atom is -0.482 e. The molecule has 0 saturated carbocycles. The second kappa shape index (κ2) is 7.67. The van der Waals surface area contributed by atoms with Crippen LogP contribution >= 0.6 is 0 Å². The predicted molar refractivity (Wildman–Crippen MR) is 120 cm³/mol. The predicted octanol–water partition coefficient (Wildman–Crippen LogP) is 3.58. The molecule has 2 amide bonds. The zero-order chi connectivity index (χ0) is 22.3. The van der Waals surface area contributed by atoms with Gasteiger partial charge in [0, 0.05) is 38.0 Å². The number of nitrogens with two attached hydrogens (primary N) is 1. The number of rotatable bonds is 4. The summed E-state index contributed by atoms with van der Waals surface area (Å²) in [7, 11) is 3.35. The van der Waals surface area contributed by atoms with Gasteiger partial charge in [-0.1, -0.05) is 37.3 Å². The molecular formula is C24H31N3O3. The molecule has 0 fully saturated rings. The molecule has 3 rings (SSSR count). The van der Waals surface area contributed by atoms with Crippen molar-refractivity contribution in [1.29, 1.82) is 0 Å². The fourth-order valence-electron chi connectivity index (χ4n) is 4.63. The summed E-state index contributed by atoms with van der Waals surface area (Å²) in [4.78, 5) is 27.9. The largest absolute Gasteiger partial charge is 0.482 e. The van der Waals surface area contributed by atoms with Crippen molar-refractivity contribution in [3.63, 3.8) is 0 Å². The second-order valence-corrected chi connectivity index (χ2v) is 9.03. The number of amides is 2. The molecule has 0 aliphatic carbocycles. The van der Waals surface area contributed by atoms with E-state index >= 15 is 0 Å². The normalized spacial score (nSPS) is 19.7. The van der Waals surface area contributed by atoms with Crippen LogP contribution in [-0.4, -0.2) is 43.0 Å². The summed E-state index contributed by atoms with van der Waals surface area (Å²) in [5.74, 6) is 0.199. The van der Waals surface area contributed by atoms with E-state index in [2.05, 4.69) is 32.9 Å². The highest BCUT2D eigenvalue weighted by Gasteiger charge is 2.47. The summed E-state index contributed by atoms with van der Waals surface area (Å²) in [6, 6.07) is 14.0. The van der Waals surface area contributed by atoms with Crippen LogP contribution in [0.1, 0.15) is 45.2 Å². The van der Waals surface area contributed by atoms with E-state index < -0.39 is 5.54 Å². The van der Waals surface area contributed by atoms with Gasteiger partial charge in [-0.05, 0) is 37.5 Å². The number of hydrogen-bond donors (Lipinski definition) is 1. The highest BCUT2D eigenvalue weighted by Crippen LogP contribution is 2.52. The van der Waals surface area contributed by atoms with Gasteiger partial charge >= 0.3 is 0 Å². The Balaban J connectivity index is 2.17. The Kier molecular flexibility index (Phi) is 5.54. The van der Waals surface area contributed by atoms with Crippen LogP contribution in [0.2, 0.25) is 0 Å². The van der Waals surface area contributed by atoms with Gasteiger partial charge in [0.25, 0.3) is 5.91 Å². The molecule has 0 spiro atoms. The number of carbonyl (C=O) groups is 2. The number of anilines is 2. The average molecular weight is 410 g/mol. The Hall–Kier alpha value is -3.02. The van der Waals surface area contributed by atoms with Crippen LogP contribution in [0.15, 0.2) is 42.5 Å². The number of fused-ring (bicyclic) bond motifs is 1. The van der Waals surface area contributed by atoms with Crippen LogP contribution in [0.25, 0.3) is 0 Å². The lowest BCUT2D eigenvalue weighted by molar-refractivity contribution is -0.130. The molecule has 160 valence electrons. The Bertz CT molecular complexity index is 969. The fourth-order valence-corrected chi connectivity index (χ4v) is 4.63. The first-order valence-corrected chi connectivity index (χ1v) is 10.1. The molecule has 1 aliphatic rings. The highest BCUT2D eigenvalue weighted by molar-refractivity contribution is 5.96. The van der Waals surface area contributed by atoms with Crippen molar-refractivity contribution < 1.29 is 14.3 Å². The van der Waals surface area contributed by atoms with Gasteiger partial charge in [0.15, 0.2) is 6.61 Å². The molecule has 1 atom stereocenters. The quantitative estimate of drug-likeness (QED) is 0.783. The number of benzene rings is 2. The number of carbonyl (C=O) groups excluding carboxylic acids is 2. The van der Waals surface area contributed by atoms with Gasteiger partial charge in [-0.15, -0.1) is 0 Å². The van der Waals surface area contributed by atoms with E-state index in [1.807, 2.05) is 29.2 Å². The first kappa shape index (κ1) is 21.7. The zero-order valence-corrected chi connectivity index (χ0v) is 18.7. The zero-order valence-electron chi connectivity index (χ0n) is 18.7. The summed E-state index contributed by atoms with van der Waals surface area (Å²) >= 11 is 0. The maximum atomic E-state index is 12.7. The van der Waals surface area contributed by atoms with Crippen molar-refractivity contribution in [1.82, 2.24) is 4.90 Å². The Morgan fingerprint density at radius 1 is 1.13 bits per heavy atom. The maximum absolute atomic E-state index is 12.7. The van der Waals surface area contributed by atoms with E-state index in [1.165, 1.54) is 10.5 Å². The van der Waals surface area contributed by atoms with E-state index in [0.29, 0.717) is 11.4 Å². The molecule has 6 nitrogen and oxygen atoms in total. The van der Waals surface area contributed by atoms with Gasteiger partial charge in [0.05, 0.1) is 11.4 Å². The monoisotopic (exact) mass is 409 g/mol. The number of nitrogen functional groups attached to an aromatic ring is 1. The average Bonchev–Trinajstić information content (AvgIpc) is 2.66. The lowest BCUT2D eigenvalue weighted by Gasteiger charge is -2.51. The minimum atomic E-state index is -0.420. The van der Waals surface area contributed by atoms with E-state index in [1.54, 1.807) is 27.1 Å². The Labute approximate surface area is 178 Å². The van der Waals surface area contributed by atoms with Crippen LogP contribution < -0.4 is 15.4 Å². The summed E-state index contributed by atoms with van der Waals surface area (Å²) < 4.78 is 5.74. The lowest BCUT2D eigenvalue weighted by Crippen LogP contribution is -2.55. The summed E-state index contributed by atoms with van der Waals surface area (Å²) in [6.07, 6.45) is 0.745. The van der Waals surface area contributed by atoms with Crippen molar-refractivity contribution in [2.75, 3.05) is 31.3 Å². The molecule has 0 saturated heterocycles. The highest BCUT2D eigenvalue weighted by atomic mass is 16.5. The molecule has 0 radical (unpaired) electrons. The molecule has 0 bridgehead atoms. The van der Waals surface area contributed by atoms with Crippen LogP contribution in [0.5, 0.6) is 5.75 Å². The smallest absolute Gasteiger partial charge is 0.259 e. The number of nitrogens with zero attached hydrogens (tertiary/aromatic N) is 2. The van der Waals surface area contributed by atoms with Crippen molar-refractivity contribution in [3.8, 4) is 5.75 Å². The summed E-state index contributed by atoms with van der Waals surface area (Å²) in [6.45, 7) is 7.80. The van der Waals surface area contributed by atoms with Crippen LogP contribution in [-0.2, 0) is 15.0 Å². The molecule has 0 aromatic heterocycles. The molecule has 2 aromatic rings. The molecule has 2 N–H and O–H groups in total. The number of hydrogen-bond acceptors (Lipinski definition) is 4. The molecule has 1 unspecified atom stereocenters. The first-order valence-electron chi connectivity index (χ1n) is 10.1. The molecular weight excluding hydrogens is 378 g/mol. The van der Waals surface area contributed by atoms with Gasteiger partial charge in [-0.3, -0.25) is 9.59 Å². The molecule has 1 heterocycles. The minimum absolute atomic E-state index is 0.0450. The van der Waals surface area contributed by atoms with Gasteiger partial charge in [0.1, 0.15) is 5.75 Å². The van der Waals surface area contributed by atoms with E-state index in [4.69, 9.17) is 10.5 Å². The van der Waals surface area contributed by atoms with Gasteiger partial charge in [-0.2, -0.15) is 0 Å². The maximum Gasteiger partial charge on any atom is 0.259 e. The van der Waals surface area contributed by atoms with E-state index in [0.717, 1.165) is 17.7 Å². The van der Waals surface area contributed by atoms with Crippen molar-refractivity contribution in [2.24, 2.45) is 0 Å². The SMILES string of the molecule is CC(=O)N1c2cc(OCC(=O)N(C)C)c(N)cc2C(C)(c2ccccc2)CC1(C)C.